The number of methoxy groups -OCH3 is 3. The van der Waals surface area contributed by atoms with Crippen LogP contribution in [0.3, 0.4) is 0 Å². The third-order valence-corrected chi connectivity index (χ3v) is 4.75. The lowest BCUT2D eigenvalue weighted by atomic mass is 9.89. The van der Waals surface area contributed by atoms with Crippen LogP contribution < -0.4 is 19.5 Å². The van der Waals surface area contributed by atoms with Crippen molar-refractivity contribution in [2.45, 2.75) is 12.5 Å². The lowest BCUT2D eigenvalue weighted by Gasteiger charge is -2.29. The molecule has 1 atom stereocenters. The van der Waals surface area contributed by atoms with E-state index in [0.717, 1.165) is 29.8 Å². The van der Waals surface area contributed by atoms with Crippen molar-refractivity contribution in [3.63, 3.8) is 0 Å². The van der Waals surface area contributed by atoms with Crippen LogP contribution in [-0.4, -0.2) is 27.9 Å². The highest BCUT2D eigenvalue weighted by Gasteiger charge is 2.27. The zero-order chi connectivity index (χ0) is 17.3. The molecule has 128 valence electrons. The Hall–Kier alpha value is -1.62. The van der Waals surface area contributed by atoms with Crippen molar-refractivity contribution in [2.24, 2.45) is 0 Å². The van der Waals surface area contributed by atoms with Crippen molar-refractivity contribution < 1.29 is 14.2 Å². The fraction of sp³-hybridized carbons (Fsp3) is 0.333. The van der Waals surface area contributed by atoms with E-state index >= 15 is 0 Å². The maximum Gasteiger partial charge on any atom is 0.161 e. The summed E-state index contributed by atoms with van der Waals surface area (Å²) in [5.41, 5.74) is 3.22. The lowest BCUT2D eigenvalue weighted by Crippen LogP contribution is -2.31. The van der Waals surface area contributed by atoms with Gasteiger partial charge in [0.05, 0.1) is 32.4 Å². The Bertz CT molecular complexity index is 764. The van der Waals surface area contributed by atoms with Gasteiger partial charge in [0.2, 0.25) is 0 Å². The Morgan fingerprint density at radius 1 is 0.917 bits per heavy atom. The molecule has 24 heavy (non-hydrogen) atoms. The molecule has 1 N–H and O–H groups in total. The summed E-state index contributed by atoms with van der Waals surface area (Å²) in [7, 11) is 4.88. The Kier molecular flexibility index (Phi) is 5.09. The topological polar surface area (TPSA) is 39.7 Å². The van der Waals surface area contributed by atoms with Crippen LogP contribution >= 0.6 is 23.2 Å². The van der Waals surface area contributed by atoms with Crippen LogP contribution in [0.1, 0.15) is 22.7 Å². The molecule has 0 fully saturated rings. The fourth-order valence-corrected chi connectivity index (χ4v) is 3.76. The number of rotatable bonds is 4. The van der Waals surface area contributed by atoms with Crippen LogP contribution in [0, 0.1) is 0 Å². The molecular formula is C18H19Cl2NO3. The molecular weight excluding hydrogens is 349 g/mol. The van der Waals surface area contributed by atoms with E-state index in [1.54, 1.807) is 27.4 Å². The minimum absolute atomic E-state index is 0.0836. The van der Waals surface area contributed by atoms with Gasteiger partial charge < -0.3 is 19.5 Å². The maximum atomic E-state index is 6.31. The number of hydrogen-bond acceptors (Lipinski definition) is 4. The molecule has 1 aliphatic rings. The van der Waals surface area contributed by atoms with Gasteiger partial charge in [0, 0.05) is 17.1 Å². The second-order valence-electron chi connectivity index (χ2n) is 5.55. The average molecular weight is 368 g/mol. The molecule has 0 saturated carbocycles. The van der Waals surface area contributed by atoms with E-state index in [1.165, 1.54) is 5.56 Å². The van der Waals surface area contributed by atoms with Crippen LogP contribution in [0.2, 0.25) is 10.0 Å². The van der Waals surface area contributed by atoms with Gasteiger partial charge in [-0.05, 0) is 41.8 Å². The monoisotopic (exact) mass is 367 g/mol. The first kappa shape index (κ1) is 17.2. The molecule has 1 aliphatic heterocycles. The summed E-state index contributed by atoms with van der Waals surface area (Å²) in [5, 5.41) is 4.58. The van der Waals surface area contributed by atoms with E-state index in [2.05, 4.69) is 5.32 Å². The Labute approximate surface area is 151 Å². The first-order valence-electron chi connectivity index (χ1n) is 7.60. The molecule has 0 amide bonds. The molecule has 6 heteroatoms. The first-order chi connectivity index (χ1) is 11.6. The molecule has 2 aromatic carbocycles. The number of fused-ring (bicyclic) bond motifs is 1. The third kappa shape index (κ3) is 3.02. The molecule has 1 heterocycles. The summed E-state index contributed by atoms with van der Waals surface area (Å²) in [5.74, 6) is 2.05. The molecule has 3 rings (SSSR count). The maximum absolute atomic E-state index is 6.31. The Balaban J connectivity index is 2.17. The van der Waals surface area contributed by atoms with Crippen LogP contribution in [0.25, 0.3) is 0 Å². The standard InChI is InChI=1S/C18H19Cl2NO3/c1-22-15-6-10-4-5-21-17(12(10)9-16(15)23-2)13-7-11(19)8-14(20)18(13)24-3/h6-9,17,21H,4-5H2,1-3H3. The highest BCUT2D eigenvalue weighted by molar-refractivity contribution is 6.35. The zero-order valence-electron chi connectivity index (χ0n) is 13.8. The first-order valence-corrected chi connectivity index (χ1v) is 8.35. The van der Waals surface area contributed by atoms with Gasteiger partial charge in [-0.15, -0.1) is 0 Å². The number of halogens is 2. The summed E-state index contributed by atoms with van der Waals surface area (Å²) in [6, 6.07) is 7.51. The van der Waals surface area contributed by atoms with Gasteiger partial charge in [-0.2, -0.15) is 0 Å². The summed E-state index contributed by atoms with van der Waals surface area (Å²) in [4.78, 5) is 0. The van der Waals surface area contributed by atoms with Gasteiger partial charge in [-0.25, -0.2) is 0 Å². The largest absolute Gasteiger partial charge is 0.495 e. The minimum atomic E-state index is -0.0836. The molecule has 0 saturated heterocycles. The second kappa shape index (κ2) is 7.09. The Morgan fingerprint density at radius 2 is 1.62 bits per heavy atom. The molecule has 4 nitrogen and oxygen atoms in total. The van der Waals surface area contributed by atoms with Gasteiger partial charge in [0.15, 0.2) is 11.5 Å². The van der Waals surface area contributed by atoms with Crippen molar-refractivity contribution >= 4 is 23.2 Å². The van der Waals surface area contributed by atoms with Crippen LogP contribution in [-0.2, 0) is 6.42 Å². The SMILES string of the molecule is COc1cc2c(cc1OC)C(c1cc(Cl)cc(Cl)c1OC)NCC2. The van der Waals surface area contributed by atoms with E-state index in [4.69, 9.17) is 37.4 Å². The second-order valence-corrected chi connectivity index (χ2v) is 6.40. The van der Waals surface area contributed by atoms with Crippen molar-refractivity contribution in [1.29, 1.82) is 0 Å². The molecule has 0 aliphatic carbocycles. The van der Waals surface area contributed by atoms with Gasteiger partial charge in [0.1, 0.15) is 5.75 Å². The molecule has 0 bridgehead atoms. The van der Waals surface area contributed by atoms with E-state index in [1.807, 2.05) is 18.2 Å². The van der Waals surface area contributed by atoms with Gasteiger partial charge in [-0.3, -0.25) is 0 Å². The zero-order valence-corrected chi connectivity index (χ0v) is 15.3. The highest BCUT2D eigenvalue weighted by Crippen LogP contribution is 2.42. The number of ether oxygens (including phenoxy) is 3. The van der Waals surface area contributed by atoms with Gasteiger partial charge in [0.25, 0.3) is 0 Å². The van der Waals surface area contributed by atoms with Crippen LogP contribution in [0.15, 0.2) is 24.3 Å². The van der Waals surface area contributed by atoms with Crippen LogP contribution in [0.5, 0.6) is 17.2 Å². The van der Waals surface area contributed by atoms with Crippen molar-refractivity contribution in [1.82, 2.24) is 5.32 Å². The average Bonchev–Trinajstić information content (AvgIpc) is 2.59. The number of benzene rings is 2. The fourth-order valence-electron chi connectivity index (χ4n) is 3.17. The van der Waals surface area contributed by atoms with Crippen molar-refractivity contribution in [2.75, 3.05) is 27.9 Å². The number of nitrogens with one attached hydrogen (secondary N) is 1. The van der Waals surface area contributed by atoms with Crippen LogP contribution in [0.4, 0.5) is 0 Å². The third-order valence-electron chi connectivity index (χ3n) is 4.25. The highest BCUT2D eigenvalue weighted by atomic mass is 35.5. The molecule has 0 aromatic heterocycles. The Morgan fingerprint density at radius 3 is 2.29 bits per heavy atom. The summed E-state index contributed by atoms with van der Waals surface area (Å²) < 4.78 is 16.4. The summed E-state index contributed by atoms with van der Waals surface area (Å²) in [6.07, 6.45) is 0.906. The van der Waals surface area contributed by atoms with Gasteiger partial charge >= 0.3 is 0 Å². The van der Waals surface area contributed by atoms with E-state index < -0.39 is 0 Å². The van der Waals surface area contributed by atoms with E-state index in [9.17, 15) is 0 Å². The normalized spacial score (nSPS) is 16.5. The molecule has 0 spiro atoms. The minimum Gasteiger partial charge on any atom is -0.495 e. The number of hydrogen-bond donors (Lipinski definition) is 1. The predicted molar refractivity (Wildman–Crippen MR) is 96.1 cm³/mol. The summed E-state index contributed by atoms with van der Waals surface area (Å²) >= 11 is 12.5. The molecule has 1 unspecified atom stereocenters. The summed E-state index contributed by atoms with van der Waals surface area (Å²) in [6.45, 7) is 0.834. The smallest absolute Gasteiger partial charge is 0.161 e. The van der Waals surface area contributed by atoms with Gasteiger partial charge in [-0.1, -0.05) is 23.2 Å². The lowest BCUT2D eigenvalue weighted by molar-refractivity contribution is 0.352. The van der Waals surface area contributed by atoms with E-state index in [-0.39, 0.29) is 6.04 Å². The van der Waals surface area contributed by atoms with Crippen molar-refractivity contribution in [3.8, 4) is 17.2 Å². The molecule has 0 radical (unpaired) electrons. The molecule has 2 aromatic rings. The quantitative estimate of drug-likeness (QED) is 0.876. The van der Waals surface area contributed by atoms with E-state index in [0.29, 0.717) is 21.5 Å². The predicted octanol–water partition coefficient (Wildman–Crippen LogP) is 4.25. The van der Waals surface area contributed by atoms with Crippen molar-refractivity contribution in [3.05, 3.63) is 51.0 Å².